The molecule has 26 heavy (non-hydrogen) atoms. The standard InChI is InChI=1S/C21H16N2O2S/c22-14-16-8-4-6-12-19(16)25-15-21(24)23-18-11-5-7-13-20(18)26-17-9-2-1-3-10-17/h1-13H,15H2,(H,23,24). The minimum absolute atomic E-state index is 0.164. The Morgan fingerprint density at radius 3 is 2.46 bits per heavy atom. The van der Waals surface area contributed by atoms with Crippen molar-refractivity contribution in [3.8, 4) is 11.8 Å². The van der Waals surface area contributed by atoms with E-state index in [0.717, 1.165) is 15.5 Å². The van der Waals surface area contributed by atoms with Gasteiger partial charge in [-0.15, -0.1) is 0 Å². The van der Waals surface area contributed by atoms with Crippen LogP contribution in [-0.2, 0) is 4.79 Å². The highest BCUT2D eigenvalue weighted by Crippen LogP contribution is 2.33. The largest absolute Gasteiger partial charge is 0.482 e. The van der Waals surface area contributed by atoms with Gasteiger partial charge in [-0.1, -0.05) is 54.2 Å². The number of nitrogens with one attached hydrogen (secondary N) is 1. The number of rotatable bonds is 6. The van der Waals surface area contributed by atoms with Crippen molar-refractivity contribution in [3.05, 3.63) is 84.4 Å². The van der Waals surface area contributed by atoms with E-state index in [1.165, 1.54) is 0 Å². The SMILES string of the molecule is N#Cc1ccccc1OCC(=O)Nc1ccccc1Sc1ccccc1. The quantitative estimate of drug-likeness (QED) is 0.690. The van der Waals surface area contributed by atoms with Crippen LogP contribution >= 0.6 is 11.8 Å². The number of benzene rings is 3. The number of carbonyl (C=O) groups excluding carboxylic acids is 1. The molecule has 3 aromatic carbocycles. The molecule has 0 bridgehead atoms. The summed E-state index contributed by atoms with van der Waals surface area (Å²) in [5.74, 6) is 0.121. The molecule has 0 aliphatic rings. The number of amides is 1. The van der Waals surface area contributed by atoms with E-state index in [2.05, 4.69) is 5.32 Å². The van der Waals surface area contributed by atoms with Crippen molar-refractivity contribution in [1.29, 1.82) is 5.26 Å². The highest BCUT2D eigenvalue weighted by Gasteiger charge is 2.10. The Morgan fingerprint density at radius 2 is 1.65 bits per heavy atom. The number of hydrogen-bond acceptors (Lipinski definition) is 4. The Balaban J connectivity index is 1.65. The molecule has 128 valence electrons. The molecule has 0 radical (unpaired) electrons. The van der Waals surface area contributed by atoms with E-state index in [-0.39, 0.29) is 12.5 Å². The molecule has 0 atom stereocenters. The van der Waals surface area contributed by atoms with Crippen LogP contribution in [-0.4, -0.2) is 12.5 Å². The van der Waals surface area contributed by atoms with Gasteiger partial charge in [0.2, 0.25) is 0 Å². The Labute approximate surface area is 156 Å². The van der Waals surface area contributed by atoms with E-state index < -0.39 is 0 Å². The summed E-state index contributed by atoms with van der Waals surface area (Å²) in [5, 5.41) is 11.9. The molecule has 1 N–H and O–H groups in total. The molecule has 3 rings (SSSR count). The first-order chi connectivity index (χ1) is 12.8. The number of para-hydroxylation sites is 2. The maximum atomic E-state index is 12.3. The van der Waals surface area contributed by atoms with Gasteiger partial charge in [-0.25, -0.2) is 0 Å². The molecule has 0 aliphatic heterocycles. The first kappa shape index (κ1) is 17.6. The molecule has 1 amide bonds. The molecule has 0 fully saturated rings. The van der Waals surface area contributed by atoms with Crippen molar-refractivity contribution in [2.45, 2.75) is 9.79 Å². The van der Waals surface area contributed by atoms with Gasteiger partial charge in [-0.2, -0.15) is 5.26 Å². The molecule has 5 heteroatoms. The molecule has 4 nitrogen and oxygen atoms in total. The number of carbonyl (C=O) groups is 1. The van der Waals surface area contributed by atoms with E-state index >= 15 is 0 Å². The predicted molar refractivity (Wildman–Crippen MR) is 102 cm³/mol. The first-order valence-electron chi connectivity index (χ1n) is 8.00. The summed E-state index contributed by atoms with van der Waals surface area (Å²) in [6, 6.07) is 26.5. The second-order valence-corrected chi connectivity index (χ2v) is 6.47. The van der Waals surface area contributed by atoms with Crippen LogP contribution in [0.2, 0.25) is 0 Å². The minimum atomic E-state index is -0.279. The molecule has 0 heterocycles. The number of nitrogens with zero attached hydrogens (tertiary/aromatic N) is 1. The van der Waals surface area contributed by atoms with Crippen LogP contribution in [0.4, 0.5) is 5.69 Å². The molecule has 0 saturated carbocycles. The summed E-state index contributed by atoms with van der Waals surface area (Å²) in [7, 11) is 0. The molecule has 0 spiro atoms. The Kier molecular flexibility index (Phi) is 5.92. The fourth-order valence-electron chi connectivity index (χ4n) is 2.29. The van der Waals surface area contributed by atoms with Gasteiger partial charge in [-0.05, 0) is 36.4 Å². The summed E-state index contributed by atoms with van der Waals surface area (Å²) in [4.78, 5) is 14.3. The normalized spacial score (nSPS) is 9.96. The maximum absolute atomic E-state index is 12.3. The fourth-order valence-corrected chi connectivity index (χ4v) is 3.21. The predicted octanol–water partition coefficient (Wildman–Crippen LogP) is 4.73. The summed E-state index contributed by atoms with van der Waals surface area (Å²) < 4.78 is 5.48. The number of hydrogen-bond donors (Lipinski definition) is 1. The van der Waals surface area contributed by atoms with Crippen molar-refractivity contribution in [1.82, 2.24) is 0 Å². The van der Waals surface area contributed by atoms with Crippen LogP contribution in [0.1, 0.15) is 5.56 Å². The van der Waals surface area contributed by atoms with Gasteiger partial charge in [0, 0.05) is 9.79 Å². The fraction of sp³-hybridized carbons (Fsp3) is 0.0476. The lowest BCUT2D eigenvalue weighted by atomic mass is 10.2. The van der Waals surface area contributed by atoms with Gasteiger partial charge in [0.05, 0.1) is 11.3 Å². The number of ether oxygens (including phenoxy) is 1. The van der Waals surface area contributed by atoms with Crippen molar-refractivity contribution in [2.75, 3.05) is 11.9 Å². The van der Waals surface area contributed by atoms with Crippen molar-refractivity contribution >= 4 is 23.4 Å². The van der Waals surface area contributed by atoms with E-state index in [9.17, 15) is 4.79 Å². The summed E-state index contributed by atoms with van der Waals surface area (Å²) in [5.41, 5.74) is 1.13. The van der Waals surface area contributed by atoms with Gasteiger partial charge in [0.25, 0.3) is 5.91 Å². The zero-order valence-electron chi connectivity index (χ0n) is 13.9. The van der Waals surface area contributed by atoms with Gasteiger partial charge in [-0.3, -0.25) is 4.79 Å². The lowest BCUT2D eigenvalue weighted by Crippen LogP contribution is -2.20. The second-order valence-electron chi connectivity index (χ2n) is 5.36. The van der Waals surface area contributed by atoms with Crippen molar-refractivity contribution in [3.63, 3.8) is 0 Å². The molecule has 0 aliphatic carbocycles. The van der Waals surface area contributed by atoms with Gasteiger partial charge in [0.1, 0.15) is 11.8 Å². The van der Waals surface area contributed by atoms with Crippen molar-refractivity contribution < 1.29 is 9.53 Å². The third-order valence-corrected chi connectivity index (χ3v) is 4.58. The Bertz CT molecular complexity index is 936. The van der Waals surface area contributed by atoms with Crippen LogP contribution in [0, 0.1) is 11.3 Å². The van der Waals surface area contributed by atoms with Crippen LogP contribution in [0.25, 0.3) is 0 Å². The minimum Gasteiger partial charge on any atom is -0.482 e. The van der Waals surface area contributed by atoms with Crippen LogP contribution < -0.4 is 10.1 Å². The topological polar surface area (TPSA) is 62.1 Å². The summed E-state index contributed by atoms with van der Waals surface area (Å²) in [6.45, 7) is -0.164. The monoisotopic (exact) mass is 360 g/mol. The third kappa shape index (κ3) is 4.65. The van der Waals surface area contributed by atoms with E-state index in [1.807, 2.05) is 60.7 Å². The zero-order valence-corrected chi connectivity index (χ0v) is 14.7. The first-order valence-corrected chi connectivity index (χ1v) is 8.81. The molecule has 0 unspecified atom stereocenters. The summed E-state index contributed by atoms with van der Waals surface area (Å²) in [6.07, 6.45) is 0. The van der Waals surface area contributed by atoms with Crippen LogP contribution in [0.5, 0.6) is 5.75 Å². The lowest BCUT2D eigenvalue weighted by Gasteiger charge is -2.12. The van der Waals surface area contributed by atoms with Crippen LogP contribution in [0.3, 0.4) is 0 Å². The third-order valence-electron chi connectivity index (χ3n) is 3.50. The number of nitriles is 1. The Morgan fingerprint density at radius 1 is 0.962 bits per heavy atom. The van der Waals surface area contributed by atoms with Crippen molar-refractivity contribution in [2.24, 2.45) is 0 Å². The van der Waals surface area contributed by atoms with Crippen LogP contribution in [0.15, 0.2) is 88.7 Å². The highest BCUT2D eigenvalue weighted by molar-refractivity contribution is 7.99. The lowest BCUT2D eigenvalue weighted by molar-refractivity contribution is -0.118. The summed E-state index contributed by atoms with van der Waals surface area (Å²) >= 11 is 1.58. The average Bonchev–Trinajstić information content (AvgIpc) is 2.69. The van der Waals surface area contributed by atoms with Gasteiger partial charge < -0.3 is 10.1 Å². The van der Waals surface area contributed by atoms with E-state index in [0.29, 0.717) is 11.3 Å². The second kappa shape index (κ2) is 8.75. The maximum Gasteiger partial charge on any atom is 0.262 e. The highest BCUT2D eigenvalue weighted by atomic mass is 32.2. The molecular formula is C21H16N2O2S. The van der Waals surface area contributed by atoms with E-state index in [1.54, 1.807) is 36.0 Å². The molecule has 0 saturated heterocycles. The van der Waals surface area contributed by atoms with E-state index in [4.69, 9.17) is 10.00 Å². The number of anilines is 1. The molecule has 0 aromatic heterocycles. The smallest absolute Gasteiger partial charge is 0.262 e. The Hall–Kier alpha value is -3.23. The average molecular weight is 360 g/mol. The molecular weight excluding hydrogens is 344 g/mol. The van der Waals surface area contributed by atoms with Gasteiger partial charge in [0.15, 0.2) is 6.61 Å². The van der Waals surface area contributed by atoms with Gasteiger partial charge >= 0.3 is 0 Å². The molecule has 3 aromatic rings. The zero-order chi connectivity index (χ0) is 18.2.